The van der Waals surface area contributed by atoms with Crippen molar-refractivity contribution in [2.75, 3.05) is 11.9 Å². The number of nitrogens with one attached hydrogen (secondary N) is 1. The number of benzene rings is 2. The number of hydrogen-bond acceptors (Lipinski definition) is 6. The maximum atomic E-state index is 15.6. The van der Waals surface area contributed by atoms with Gasteiger partial charge < -0.3 is 24.4 Å². The summed E-state index contributed by atoms with van der Waals surface area (Å²) in [7, 11) is -3.01. The second-order valence-electron chi connectivity index (χ2n) is 11.4. The first kappa shape index (κ1) is 30.0. The summed E-state index contributed by atoms with van der Waals surface area (Å²) in [6, 6.07) is 17.3. The first-order chi connectivity index (χ1) is 19.1. The van der Waals surface area contributed by atoms with Gasteiger partial charge in [-0.1, -0.05) is 54.6 Å². The number of aromatic nitrogens is 3. The summed E-state index contributed by atoms with van der Waals surface area (Å²) >= 11 is 0. The molecule has 3 aromatic rings. The molecule has 0 bridgehead atoms. The minimum Gasteiger partial charge on any atom is -0.395 e. The second kappa shape index (κ2) is 13.2. The van der Waals surface area contributed by atoms with Gasteiger partial charge in [0.05, 0.1) is 30.4 Å². The Kier molecular flexibility index (Phi) is 9.89. The van der Waals surface area contributed by atoms with Crippen LogP contribution in [-0.2, 0) is 22.5 Å². The molecule has 0 saturated carbocycles. The molecular weight excluding hydrogens is 527 g/mol. The van der Waals surface area contributed by atoms with Gasteiger partial charge in [0, 0.05) is 24.0 Å². The normalized spacial score (nSPS) is 22.7. The number of carbonyl (C=O) groups is 1. The first-order valence-electron chi connectivity index (χ1n) is 14.0. The highest BCUT2D eigenvalue weighted by Crippen LogP contribution is 2.47. The van der Waals surface area contributed by atoms with Crippen LogP contribution < -0.4 is 5.32 Å². The Morgan fingerprint density at radius 1 is 1.15 bits per heavy atom. The lowest BCUT2D eigenvalue weighted by Crippen LogP contribution is -2.36. The summed E-state index contributed by atoms with van der Waals surface area (Å²) in [5.74, 6) is -0.610. The molecule has 1 aromatic heterocycles. The summed E-state index contributed by atoms with van der Waals surface area (Å²) in [6.07, 6.45) is 2.60. The minimum atomic E-state index is -3.01. The van der Waals surface area contributed by atoms with Crippen LogP contribution in [-0.4, -0.2) is 64.4 Å². The molecule has 1 fully saturated rings. The smallest absolute Gasteiger partial charge is 0.252 e. The van der Waals surface area contributed by atoms with Crippen LogP contribution in [0.15, 0.2) is 60.8 Å². The van der Waals surface area contributed by atoms with E-state index in [1.165, 1.54) is 6.92 Å². The largest absolute Gasteiger partial charge is 0.395 e. The monoisotopic (exact) mass is 568 g/mol. The van der Waals surface area contributed by atoms with Gasteiger partial charge in [-0.05, 0) is 68.5 Å². The fourth-order valence-electron chi connectivity index (χ4n) is 5.91. The molecule has 40 heavy (non-hydrogen) atoms. The van der Waals surface area contributed by atoms with E-state index in [1.807, 2.05) is 54.7 Å². The molecule has 2 heterocycles. The number of ether oxygens (including phenoxy) is 1. The molecule has 0 aliphatic carbocycles. The van der Waals surface area contributed by atoms with Crippen LogP contribution in [0.5, 0.6) is 0 Å². The van der Waals surface area contributed by atoms with Crippen LogP contribution in [0.25, 0.3) is 0 Å². The van der Waals surface area contributed by atoms with E-state index < -0.39 is 20.4 Å². The maximum absolute atomic E-state index is 15.6. The zero-order valence-electron chi connectivity index (χ0n) is 23.7. The van der Waals surface area contributed by atoms with Gasteiger partial charge in [0.2, 0.25) is 8.41 Å². The molecule has 1 aliphatic rings. The van der Waals surface area contributed by atoms with Gasteiger partial charge in [-0.3, -0.25) is 9.48 Å². The first-order valence-corrected chi connectivity index (χ1v) is 17.0. The Labute approximate surface area is 236 Å². The molecule has 1 saturated heterocycles. The van der Waals surface area contributed by atoms with Crippen molar-refractivity contribution >= 4 is 20.0 Å². The number of rotatable bonds is 12. The average molecular weight is 569 g/mol. The molecular formula is C30H41FN4O4Si. The lowest BCUT2D eigenvalue weighted by molar-refractivity contribution is -0.123. The molecule has 4 rings (SSSR count). The number of aryl methyl sites for hydroxylation is 2. The summed E-state index contributed by atoms with van der Waals surface area (Å²) in [6.45, 7) is 7.55. The standard InChI is InChI=1S/C30H41FN4O4Si/c1-20-27(14-13-22-9-8-12-24(17-22)32-30(38)21(2)37)39-28(29(20)40(3,4)31)15-16-35-18-26(33-34-35)25(19-36)23-10-6-5-7-11-23/h5-12,17-18,20-21,25,27-29,36-37H,13-16,19H2,1-4H3,(H,32,38)/t20-,21+,25?,27+,28-,29+/m1/s1. The van der Waals surface area contributed by atoms with Crippen LogP contribution in [0.2, 0.25) is 18.6 Å². The van der Waals surface area contributed by atoms with Crippen LogP contribution in [0.3, 0.4) is 0 Å². The zero-order chi connectivity index (χ0) is 28.9. The third-order valence-electron chi connectivity index (χ3n) is 7.93. The van der Waals surface area contributed by atoms with Crippen LogP contribution in [0.1, 0.15) is 49.4 Å². The Hall–Kier alpha value is -2.92. The van der Waals surface area contributed by atoms with Crippen molar-refractivity contribution in [3.8, 4) is 0 Å². The fraction of sp³-hybridized carbons (Fsp3) is 0.500. The van der Waals surface area contributed by atoms with Gasteiger partial charge in [-0.15, -0.1) is 5.10 Å². The van der Waals surface area contributed by atoms with Crippen molar-refractivity contribution in [1.82, 2.24) is 15.0 Å². The number of nitrogens with zero attached hydrogens (tertiary/aromatic N) is 3. The summed E-state index contributed by atoms with van der Waals surface area (Å²) in [5, 5.41) is 30.8. The van der Waals surface area contributed by atoms with Gasteiger partial charge >= 0.3 is 0 Å². The maximum Gasteiger partial charge on any atom is 0.252 e. The predicted octanol–water partition coefficient (Wildman–Crippen LogP) is 4.69. The van der Waals surface area contributed by atoms with Crippen LogP contribution in [0, 0.1) is 5.92 Å². The number of aliphatic hydroxyl groups excluding tert-OH is 2. The molecule has 0 spiro atoms. The van der Waals surface area contributed by atoms with E-state index in [2.05, 4.69) is 22.6 Å². The number of hydrogen-bond donors (Lipinski definition) is 3. The molecule has 6 atom stereocenters. The summed E-state index contributed by atoms with van der Waals surface area (Å²) in [5.41, 5.74) is 3.24. The topological polar surface area (TPSA) is 110 Å². The van der Waals surface area contributed by atoms with E-state index in [-0.39, 0.29) is 36.2 Å². The van der Waals surface area contributed by atoms with E-state index in [4.69, 9.17) is 4.74 Å². The van der Waals surface area contributed by atoms with Gasteiger partial charge in [0.25, 0.3) is 5.91 Å². The fourth-order valence-corrected chi connectivity index (χ4v) is 8.50. The van der Waals surface area contributed by atoms with Crippen LogP contribution in [0.4, 0.5) is 9.80 Å². The summed E-state index contributed by atoms with van der Waals surface area (Å²) in [4.78, 5) is 11.8. The molecule has 0 radical (unpaired) electrons. The van der Waals surface area contributed by atoms with E-state index in [0.717, 1.165) is 24.0 Å². The lowest BCUT2D eigenvalue weighted by atomic mass is 9.95. The Morgan fingerprint density at radius 2 is 1.90 bits per heavy atom. The Morgan fingerprint density at radius 3 is 2.58 bits per heavy atom. The summed E-state index contributed by atoms with van der Waals surface area (Å²) < 4.78 is 23.9. The molecule has 1 unspecified atom stereocenters. The van der Waals surface area contributed by atoms with E-state index in [9.17, 15) is 15.0 Å². The zero-order valence-corrected chi connectivity index (χ0v) is 24.7. The number of carbonyl (C=O) groups excluding carboxylic acids is 1. The van der Waals surface area contributed by atoms with Gasteiger partial charge in [-0.25, -0.2) is 0 Å². The number of amides is 1. The Balaban J connectivity index is 1.39. The second-order valence-corrected chi connectivity index (χ2v) is 15.2. The highest BCUT2D eigenvalue weighted by molar-refractivity contribution is 6.72. The predicted molar refractivity (Wildman–Crippen MR) is 155 cm³/mol. The lowest BCUT2D eigenvalue weighted by Gasteiger charge is -2.28. The average Bonchev–Trinajstić information content (AvgIpc) is 3.51. The van der Waals surface area contributed by atoms with E-state index in [1.54, 1.807) is 23.8 Å². The molecule has 8 nitrogen and oxygen atoms in total. The highest BCUT2D eigenvalue weighted by atomic mass is 28.4. The van der Waals surface area contributed by atoms with Crippen molar-refractivity contribution in [1.29, 1.82) is 0 Å². The van der Waals surface area contributed by atoms with Crippen LogP contribution >= 0.6 is 0 Å². The SMILES string of the molecule is C[C@H]1[C@H]([Si](C)(C)F)[C@@H](CCn2cc(C(CO)c3ccccc3)nn2)O[C@H]1CCc1cccc(NC(=O)[C@H](C)O)c1. The van der Waals surface area contributed by atoms with Crippen molar-refractivity contribution in [2.45, 2.75) is 82.5 Å². The molecule has 1 amide bonds. The third kappa shape index (κ3) is 7.42. The van der Waals surface area contributed by atoms with E-state index in [0.29, 0.717) is 24.3 Å². The third-order valence-corrected chi connectivity index (χ3v) is 10.4. The molecule has 1 aliphatic heterocycles. The minimum absolute atomic E-state index is 0.0623. The number of aliphatic hydroxyl groups is 2. The van der Waals surface area contributed by atoms with Gasteiger partial charge in [-0.2, -0.15) is 0 Å². The van der Waals surface area contributed by atoms with Gasteiger partial charge in [0.1, 0.15) is 6.10 Å². The quantitative estimate of drug-likeness (QED) is 0.216. The number of anilines is 1. The molecule has 10 heteroatoms. The Bertz CT molecular complexity index is 1250. The van der Waals surface area contributed by atoms with Gasteiger partial charge in [0.15, 0.2) is 0 Å². The van der Waals surface area contributed by atoms with Crippen molar-refractivity contribution in [3.63, 3.8) is 0 Å². The molecule has 3 N–H and O–H groups in total. The highest BCUT2D eigenvalue weighted by Gasteiger charge is 2.50. The van der Waals surface area contributed by atoms with Crippen molar-refractivity contribution in [3.05, 3.63) is 77.6 Å². The molecule has 216 valence electrons. The van der Waals surface area contributed by atoms with E-state index >= 15 is 4.11 Å². The van der Waals surface area contributed by atoms with Crippen molar-refractivity contribution in [2.24, 2.45) is 5.92 Å². The molecule has 2 aromatic carbocycles. The van der Waals surface area contributed by atoms with Crippen molar-refractivity contribution < 1.29 is 23.9 Å². The number of halogens is 1.